The molecule has 2 aromatic rings. The first kappa shape index (κ1) is 23.2. The highest BCUT2D eigenvalue weighted by Crippen LogP contribution is 2.17. The molecule has 0 saturated carbocycles. The van der Waals surface area contributed by atoms with Gasteiger partial charge in [0.25, 0.3) is 5.91 Å². The van der Waals surface area contributed by atoms with E-state index in [1.807, 2.05) is 6.07 Å². The summed E-state index contributed by atoms with van der Waals surface area (Å²) >= 11 is 6.05. The molecule has 0 aromatic heterocycles. The summed E-state index contributed by atoms with van der Waals surface area (Å²) in [6, 6.07) is 13.9. The summed E-state index contributed by atoms with van der Waals surface area (Å²) in [6.45, 7) is 5.66. The van der Waals surface area contributed by atoms with Crippen LogP contribution >= 0.6 is 11.6 Å². The molecule has 3 N–H and O–H groups in total. The van der Waals surface area contributed by atoms with Crippen molar-refractivity contribution < 1.29 is 19.1 Å². The fraction of sp³-hybridized carbons (Fsp3) is 0.318. The van der Waals surface area contributed by atoms with E-state index in [1.165, 1.54) is 0 Å². The summed E-state index contributed by atoms with van der Waals surface area (Å²) in [7, 11) is 0. The zero-order valence-corrected chi connectivity index (χ0v) is 18.0. The molecule has 160 valence electrons. The molecule has 2 rings (SSSR count). The van der Waals surface area contributed by atoms with Gasteiger partial charge < -0.3 is 20.7 Å². The smallest absolute Gasteiger partial charge is 0.407 e. The van der Waals surface area contributed by atoms with Gasteiger partial charge >= 0.3 is 6.09 Å². The van der Waals surface area contributed by atoms with E-state index in [4.69, 9.17) is 16.3 Å². The third kappa shape index (κ3) is 7.75. The van der Waals surface area contributed by atoms with Gasteiger partial charge in [0, 0.05) is 25.2 Å². The lowest BCUT2D eigenvalue weighted by Crippen LogP contribution is -2.34. The Morgan fingerprint density at radius 1 is 0.967 bits per heavy atom. The van der Waals surface area contributed by atoms with Crippen LogP contribution in [0.3, 0.4) is 0 Å². The standard InChI is InChI=1S/C22H26ClN3O4/c1-22(2,3)30-21(29)24-13-12-19(27)26-18-11-7-4-8-15(18)14-25-20(28)16-9-5-6-10-17(16)23/h4-11H,12-14H2,1-3H3,(H,24,29)(H,25,28)(H,26,27). The largest absolute Gasteiger partial charge is 0.444 e. The van der Waals surface area contributed by atoms with Gasteiger partial charge in [-0.2, -0.15) is 0 Å². The SMILES string of the molecule is CC(C)(C)OC(=O)NCCC(=O)Nc1ccccc1CNC(=O)c1ccccc1Cl. The molecule has 0 aliphatic rings. The fourth-order valence-electron chi connectivity index (χ4n) is 2.52. The maximum Gasteiger partial charge on any atom is 0.407 e. The number of rotatable bonds is 7. The molecule has 0 spiro atoms. The quantitative estimate of drug-likeness (QED) is 0.614. The molecule has 2 aromatic carbocycles. The molecule has 0 fully saturated rings. The van der Waals surface area contributed by atoms with Gasteiger partial charge in [0.2, 0.25) is 5.91 Å². The maximum atomic E-state index is 12.3. The van der Waals surface area contributed by atoms with Gasteiger partial charge in [-0.3, -0.25) is 9.59 Å². The van der Waals surface area contributed by atoms with Gasteiger partial charge in [0.1, 0.15) is 5.60 Å². The number of para-hydroxylation sites is 1. The van der Waals surface area contributed by atoms with E-state index in [2.05, 4.69) is 16.0 Å². The van der Waals surface area contributed by atoms with Gasteiger partial charge in [-0.25, -0.2) is 4.79 Å². The summed E-state index contributed by atoms with van der Waals surface area (Å²) in [5.41, 5.74) is 1.11. The molecule has 3 amide bonds. The van der Waals surface area contributed by atoms with Crippen molar-refractivity contribution in [2.45, 2.75) is 39.3 Å². The lowest BCUT2D eigenvalue weighted by molar-refractivity contribution is -0.116. The number of carbonyl (C=O) groups excluding carboxylic acids is 3. The van der Waals surface area contributed by atoms with Crippen LogP contribution in [0.5, 0.6) is 0 Å². The highest BCUT2D eigenvalue weighted by atomic mass is 35.5. The number of alkyl carbamates (subject to hydrolysis) is 1. The Hall–Kier alpha value is -3.06. The predicted molar refractivity (Wildman–Crippen MR) is 117 cm³/mol. The third-order valence-electron chi connectivity index (χ3n) is 3.87. The van der Waals surface area contributed by atoms with E-state index in [0.29, 0.717) is 16.3 Å². The number of carbonyl (C=O) groups is 3. The van der Waals surface area contributed by atoms with Crippen molar-refractivity contribution in [1.29, 1.82) is 0 Å². The van der Waals surface area contributed by atoms with Crippen LogP contribution in [0.2, 0.25) is 5.02 Å². The minimum absolute atomic E-state index is 0.0829. The number of nitrogens with one attached hydrogen (secondary N) is 3. The van der Waals surface area contributed by atoms with E-state index in [0.717, 1.165) is 5.56 Å². The Kier molecular flexibility index (Phi) is 8.24. The number of anilines is 1. The van der Waals surface area contributed by atoms with Crippen molar-refractivity contribution in [2.24, 2.45) is 0 Å². The van der Waals surface area contributed by atoms with E-state index >= 15 is 0 Å². The Bertz CT molecular complexity index is 909. The van der Waals surface area contributed by atoms with Crippen molar-refractivity contribution in [3.8, 4) is 0 Å². The molecular formula is C22H26ClN3O4. The molecule has 7 nitrogen and oxygen atoms in total. The fourth-order valence-corrected chi connectivity index (χ4v) is 2.74. The molecule has 0 aliphatic carbocycles. The van der Waals surface area contributed by atoms with E-state index in [1.54, 1.807) is 63.2 Å². The second kappa shape index (κ2) is 10.6. The molecular weight excluding hydrogens is 406 g/mol. The Morgan fingerprint density at radius 3 is 2.33 bits per heavy atom. The Balaban J connectivity index is 1.87. The number of benzene rings is 2. The molecule has 0 radical (unpaired) electrons. The van der Waals surface area contributed by atoms with Crippen LogP contribution in [0.15, 0.2) is 48.5 Å². The summed E-state index contributed by atoms with van der Waals surface area (Å²) in [5, 5.41) is 8.51. The van der Waals surface area contributed by atoms with Crippen LogP contribution in [0.4, 0.5) is 10.5 Å². The van der Waals surface area contributed by atoms with Gasteiger partial charge in [0.15, 0.2) is 0 Å². The number of amides is 3. The van der Waals surface area contributed by atoms with E-state index < -0.39 is 11.7 Å². The van der Waals surface area contributed by atoms with Crippen LogP contribution in [-0.4, -0.2) is 30.1 Å². The number of ether oxygens (including phenoxy) is 1. The topological polar surface area (TPSA) is 96.5 Å². The molecule has 0 heterocycles. The van der Waals surface area contributed by atoms with Crippen molar-refractivity contribution in [1.82, 2.24) is 10.6 Å². The maximum absolute atomic E-state index is 12.3. The van der Waals surface area contributed by atoms with Crippen LogP contribution in [0.25, 0.3) is 0 Å². The van der Waals surface area contributed by atoms with Gasteiger partial charge in [-0.15, -0.1) is 0 Å². The summed E-state index contributed by atoms with van der Waals surface area (Å²) in [4.78, 5) is 36.2. The normalized spacial score (nSPS) is 10.8. The Morgan fingerprint density at radius 2 is 1.63 bits per heavy atom. The van der Waals surface area contributed by atoms with Crippen molar-refractivity contribution in [3.63, 3.8) is 0 Å². The molecule has 8 heteroatoms. The highest BCUT2D eigenvalue weighted by Gasteiger charge is 2.16. The minimum Gasteiger partial charge on any atom is -0.444 e. The number of halogens is 1. The number of hydrogen-bond acceptors (Lipinski definition) is 4. The molecule has 0 unspecified atom stereocenters. The molecule has 0 saturated heterocycles. The van der Waals surface area contributed by atoms with Gasteiger partial charge in [-0.1, -0.05) is 41.9 Å². The van der Waals surface area contributed by atoms with Crippen LogP contribution in [0.1, 0.15) is 43.1 Å². The van der Waals surface area contributed by atoms with Gasteiger partial charge in [-0.05, 0) is 44.5 Å². The van der Waals surface area contributed by atoms with Crippen molar-refractivity contribution in [3.05, 3.63) is 64.7 Å². The van der Waals surface area contributed by atoms with Crippen molar-refractivity contribution in [2.75, 3.05) is 11.9 Å². The first-order chi connectivity index (χ1) is 14.2. The van der Waals surface area contributed by atoms with Gasteiger partial charge in [0.05, 0.1) is 10.6 Å². The lowest BCUT2D eigenvalue weighted by atomic mass is 10.1. The van der Waals surface area contributed by atoms with E-state index in [-0.39, 0.29) is 31.3 Å². The monoisotopic (exact) mass is 431 g/mol. The van der Waals surface area contributed by atoms with Crippen LogP contribution in [-0.2, 0) is 16.1 Å². The number of hydrogen-bond donors (Lipinski definition) is 3. The summed E-state index contributed by atoms with van der Waals surface area (Å²) < 4.78 is 5.12. The molecule has 0 aliphatic heterocycles. The molecule has 0 atom stereocenters. The zero-order chi connectivity index (χ0) is 22.1. The summed E-state index contributed by atoms with van der Waals surface area (Å²) in [5.74, 6) is -0.570. The third-order valence-corrected chi connectivity index (χ3v) is 4.20. The lowest BCUT2D eigenvalue weighted by Gasteiger charge is -2.19. The average Bonchev–Trinajstić information content (AvgIpc) is 2.66. The van der Waals surface area contributed by atoms with Crippen molar-refractivity contribution >= 4 is 35.2 Å². The van der Waals surface area contributed by atoms with Crippen LogP contribution in [0, 0.1) is 0 Å². The first-order valence-electron chi connectivity index (χ1n) is 9.53. The highest BCUT2D eigenvalue weighted by molar-refractivity contribution is 6.33. The second-order valence-corrected chi connectivity index (χ2v) is 7.95. The van der Waals surface area contributed by atoms with Crippen LogP contribution < -0.4 is 16.0 Å². The second-order valence-electron chi connectivity index (χ2n) is 7.55. The zero-order valence-electron chi connectivity index (χ0n) is 17.3. The average molecular weight is 432 g/mol. The minimum atomic E-state index is -0.598. The molecule has 0 bridgehead atoms. The summed E-state index contributed by atoms with van der Waals surface area (Å²) in [6.07, 6.45) is -0.488. The Labute approximate surface area is 181 Å². The predicted octanol–water partition coefficient (Wildman–Crippen LogP) is 4.12. The van der Waals surface area contributed by atoms with E-state index in [9.17, 15) is 14.4 Å². The first-order valence-corrected chi connectivity index (χ1v) is 9.91. The molecule has 30 heavy (non-hydrogen) atoms.